The molecule has 304 valence electrons. The maximum atomic E-state index is 5.38. The van der Waals surface area contributed by atoms with Crippen molar-refractivity contribution in [3.63, 3.8) is 0 Å². The Kier molecular flexibility index (Phi) is 4.66. The molecule has 13 saturated carbocycles. The first-order valence-electron chi connectivity index (χ1n) is 25.7. The largest absolute Gasteiger partial charge is 0.252 e. The summed E-state index contributed by atoms with van der Waals surface area (Å²) in [6.45, 7) is 4.72. The highest BCUT2D eigenvalue weighted by Crippen LogP contribution is 2.94. The van der Waals surface area contributed by atoms with Crippen molar-refractivity contribution in [1.29, 1.82) is 0 Å². The Balaban J connectivity index is 0.906. The quantitative estimate of drug-likeness (QED) is 0.189. The molecule has 61 heavy (non-hydrogen) atoms. The summed E-state index contributed by atoms with van der Waals surface area (Å²) in [5.74, 6) is 28.2. The van der Waals surface area contributed by atoms with E-state index in [0.717, 1.165) is 166 Å². The standard InChI is InChI=1S/C55H52N4S2/c1-15-49-51(58-13-11-56-49)53(60-15)55(54-52-50(16(2)61-54)57-12-14-59-52)47-33-23-9-7-21-19-5-3-17-18-4-6-20-22-8-10-24-32-30(22)37-28(20)26(18)35-25(17)27(19)36-29(21)31(23)38-40(33)41(34(24)48(47)55)39(32)46-44(37)42(35)43(36)45(38)46/h3,5,7,9,11-14,17-35,37-42,44-48H,4,6,8,10H2,1-2H3. The Bertz CT molecular complexity index is 2910. The molecule has 0 saturated heterocycles. The van der Waals surface area contributed by atoms with Gasteiger partial charge in [0, 0.05) is 44.3 Å². The van der Waals surface area contributed by atoms with E-state index in [0.29, 0.717) is 11.8 Å². The SMILES string of the molecule is Cc1sc(C2(c3sc(C)c4nccnc34)C3C4C5C=CC6C7C=CC8C9CCC%10C%11CCC%12C%13C%11C%11C%10C9C9C%10C%14=C(C7C89)C6C5C5C%14C(C%10%11)C%13C(C54)C%12C32)c2nccnc12. The van der Waals surface area contributed by atoms with Crippen LogP contribution in [0, 0.1) is 191 Å². The zero-order valence-corrected chi connectivity index (χ0v) is 36.5. The average molecular weight is 833 g/mol. The molecule has 0 aromatic carbocycles. The van der Waals surface area contributed by atoms with Crippen molar-refractivity contribution in [2.75, 3.05) is 0 Å². The van der Waals surface area contributed by atoms with E-state index in [9.17, 15) is 0 Å². The van der Waals surface area contributed by atoms with Crippen LogP contribution in [0.1, 0.15) is 45.2 Å². The smallest absolute Gasteiger partial charge is 0.104 e. The maximum absolute atomic E-state index is 5.38. The van der Waals surface area contributed by atoms with Gasteiger partial charge < -0.3 is 0 Å². The van der Waals surface area contributed by atoms with Crippen molar-refractivity contribution < 1.29 is 0 Å². The van der Waals surface area contributed by atoms with Crippen LogP contribution in [0.2, 0.25) is 0 Å². The molecule has 21 rings (SSSR count). The molecule has 0 bridgehead atoms. The number of thiophene rings is 2. The maximum Gasteiger partial charge on any atom is 0.104 e. The van der Waals surface area contributed by atoms with Crippen LogP contribution >= 0.6 is 22.7 Å². The summed E-state index contributed by atoms with van der Waals surface area (Å²) in [6, 6.07) is 0. The highest BCUT2D eigenvalue weighted by Gasteiger charge is 2.91. The Morgan fingerprint density at radius 1 is 0.393 bits per heavy atom. The lowest BCUT2D eigenvalue weighted by molar-refractivity contribution is -0.147. The Morgan fingerprint density at radius 3 is 1.49 bits per heavy atom. The van der Waals surface area contributed by atoms with Gasteiger partial charge in [-0.05, 0) is 217 Å². The fourth-order valence-corrected chi connectivity index (χ4v) is 29.8. The van der Waals surface area contributed by atoms with Crippen molar-refractivity contribution >= 4 is 44.7 Å². The highest BCUT2D eigenvalue weighted by molar-refractivity contribution is 7.15. The van der Waals surface area contributed by atoms with Crippen molar-refractivity contribution in [3.05, 3.63) is 79.7 Å². The van der Waals surface area contributed by atoms with E-state index in [2.05, 4.69) is 72.0 Å². The van der Waals surface area contributed by atoms with Crippen LogP contribution in [-0.4, -0.2) is 19.9 Å². The molecule has 17 aliphatic rings. The van der Waals surface area contributed by atoms with Gasteiger partial charge in [0.25, 0.3) is 0 Å². The predicted octanol–water partition coefficient (Wildman–Crippen LogP) is 10.3. The fourth-order valence-electron chi connectivity index (χ4n) is 27.0. The van der Waals surface area contributed by atoms with Gasteiger partial charge in [0.1, 0.15) is 22.1 Å². The zero-order chi connectivity index (χ0) is 38.3. The highest BCUT2D eigenvalue weighted by atomic mass is 32.1. The lowest BCUT2D eigenvalue weighted by Gasteiger charge is -2.61. The summed E-state index contributed by atoms with van der Waals surface area (Å²) in [5.41, 5.74) is 9.30. The molecular formula is C55H52N4S2. The van der Waals surface area contributed by atoms with Crippen LogP contribution in [0.4, 0.5) is 0 Å². The van der Waals surface area contributed by atoms with Crippen molar-refractivity contribution in [2.45, 2.75) is 44.9 Å². The molecule has 6 heteroatoms. The summed E-state index contributed by atoms with van der Waals surface area (Å²) in [7, 11) is 0. The minimum Gasteiger partial charge on any atom is -0.252 e. The van der Waals surface area contributed by atoms with Gasteiger partial charge in [0.05, 0.1) is 5.41 Å². The van der Waals surface area contributed by atoms with Gasteiger partial charge in [-0.3, -0.25) is 19.9 Å². The molecule has 0 aliphatic heterocycles. The number of aryl methyl sites for hydroxylation is 2. The second-order valence-corrected chi connectivity index (χ2v) is 28.0. The lowest BCUT2D eigenvalue weighted by Crippen LogP contribution is -2.58. The molecule has 0 amide bonds. The molecule has 4 heterocycles. The van der Waals surface area contributed by atoms with Crippen molar-refractivity contribution in [2.24, 2.45) is 178 Å². The van der Waals surface area contributed by atoms with Crippen LogP contribution in [-0.2, 0) is 5.41 Å². The summed E-state index contributed by atoms with van der Waals surface area (Å²) < 4.78 is 0. The predicted molar refractivity (Wildman–Crippen MR) is 234 cm³/mol. The molecule has 17 aliphatic carbocycles. The Labute approximate surface area is 365 Å². The molecule has 0 spiro atoms. The van der Waals surface area contributed by atoms with E-state index in [1.807, 2.05) is 24.8 Å². The lowest BCUT2D eigenvalue weighted by atomic mass is 9.43. The van der Waals surface area contributed by atoms with Crippen LogP contribution in [0.25, 0.3) is 22.1 Å². The molecule has 4 aromatic rings. The van der Waals surface area contributed by atoms with Crippen LogP contribution in [0.3, 0.4) is 0 Å². The van der Waals surface area contributed by atoms with Crippen LogP contribution < -0.4 is 0 Å². The normalized spacial score (nSPS) is 62.3. The first kappa shape index (κ1) is 31.2. The van der Waals surface area contributed by atoms with Gasteiger partial charge in [-0.1, -0.05) is 35.5 Å². The third-order valence-electron chi connectivity index (χ3n) is 26.2. The first-order valence-corrected chi connectivity index (χ1v) is 27.3. The molecule has 0 N–H and O–H groups in total. The van der Waals surface area contributed by atoms with E-state index in [1.165, 1.54) is 31.8 Å². The zero-order valence-electron chi connectivity index (χ0n) is 34.9. The average Bonchev–Trinajstić information content (AvgIpc) is 4.05. The Hall–Kier alpha value is -2.70. The second-order valence-electron chi connectivity index (χ2n) is 25.5. The summed E-state index contributed by atoms with van der Waals surface area (Å²) in [4.78, 5) is 27.0. The van der Waals surface area contributed by atoms with E-state index in [1.54, 1.807) is 35.4 Å². The summed E-state index contributed by atoms with van der Waals surface area (Å²) in [6.07, 6.45) is 26.2. The number of fused-ring (bicyclic) bond motifs is 10. The third kappa shape index (κ3) is 2.65. The summed E-state index contributed by atoms with van der Waals surface area (Å²) in [5, 5.41) is 0. The topological polar surface area (TPSA) is 51.6 Å². The molecule has 0 radical (unpaired) electrons. The Morgan fingerprint density at radius 2 is 0.820 bits per heavy atom. The summed E-state index contributed by atoms with van der Waals surface area (Å²) >= 11 is 4.23. The minimum atomic E-state index is -0.0339. The number of rotatable bonds is 2. The van der Waals surface area contributed by atoms with Crippen molar-refractivity contribution in [3.8, 4) is 0 Å². The van der Waals surface area contributed by atoms with E-state index in [4.69, 9.17) is 19.9 Å². The van der Waals surface area contributed by atoms with Gasteiger partial charge in [-0.25, -0.2) is 0 Å². The number of hydrogen-bond donors (Lipinski definition) is 0. The van der Waals surface area contributed by atoms with Gasteiger partial charge in [0.2, 0.25) is 0 Å². The number of nitrogens with zero attached hydrogens (tertiary/aromatic N) is 4. The molecule has 4 aromatic heterocycles. The van der Waals surface area contributed by atoms with Crippen LogP contribution in [0.15, 0.2) is 60.2 Å². The number of hydrogen-bond acceptors (Lipinski definition) is 6. The van der Waals surface area contributed by atoms with E-state index in [-0.39, 0.29) is 5.41 Å². The first-order chi connectivity index (χ1) is 30.2. The van der Waals surface area contributed by atoms with Gasteiger partial charge in [-0.15, -0.1) is 22.7 Å². The molecule has 13 fully saturated rings. The molecule has 30 unspecified atom stereocenters. The van der Waals surface area contributed by atoms with Crippen LogP contribution in [0.5, 0.6) is 0 Å². The second kappa shape index (κ2) is 9.10. The monoisotopic (exact) mass is 832 g/mol. The van der Waals surface area contributed by atoms with E-state index < -0.39 is 0 Å². The molecule has 30 atom stereocenters. The van der Waals surface area contributed by atoms with Crippen molar-refractivity contribution in [1.82, 2.24) is 19.9 Å². The molecule has 4 nitrogen and oxygen atoms in total. The fraction of sp³-hybridized carbons (Fsp3) is 0.673. The number of allylic oxidation sites excluding steroid dienone is 6. The molecular weight excluding hydrogens is 781 g/mol. The van der Waals surface area contributed by atoms with Gasteiger partial charge >= 0.3 is 0 Å². The van der Waals surface area contributed by atoms with Gasteiger partial charge in [-0.2, -0.15) is 0 Å². The third-order valence-corrected chi connectivity index (χ3v) is 28.7. The van der Waals surface area contributed by atoms with E-state index >= 15 is 0 Å². The minimum absolute atomic E-state index is 0.0339. The number of aromatic nitrogens is 4. The van der Waals surface area contributed by atoms with Gasteiger partial charge in [0.15, 0.2) is 0 Å².